The van der Waals surface area contributed by atoms with Crippen LogP contribution in [-0.2, 0) is 6.42 Å². The molecule has 0 bridgehead atoms. The first kappa shape index (κ1) is 14.7. The lowest BCUT2D eigenvalue weighted by molar-refractivity contribution is 0.0993. The van der Waals surface area contributed by atoms with Crippen molar-refractivity contribution < 1.29 is 4.79 Å². The Labute approximate surface area is 131 Å². The van der Waals surface area contributed by atoms with E-state index in [4.69, 9.17) is 46.4 Å². The number of halogens is 4. The van der Waals surface area contributed by atoms with Crippen LogP contribution in [0.25, 0.3) is 0 Å². The van der Waals surface area contributed by atoms with Gasteiger partial charge in [-0.05, 0) is 23.8 Å². The Kier molecular flexibility index (Phi) is 4.75. The predicted octanol–water partition coefficient (Wildman–Crippen LogP) is 5.73. The third kappa shape index (κ3) is 3.24. The van der Waals surface area contributed by atoms with Crippen LogP contribution in [0.1, 0.15) is 15.9 Å². The molecule has 0 heterocycles. The van der Waals surface area contributed by atoms with E-state index in [0.717, 1.165) is 0 Å². The van der Waals surface area contributed by atoms with Crippen molar-refractivity contribution in [2.45, 2.75) is 6.42 Å². The Bertz CT molecular complexity index is 617. The lowest BCUT2D eigenvalue weighted by Crippen LogP contribution is -2.05. The number of ketones is 1. The minimum atomic E-state index is -0.195. The van der Waals surface area contributed by atoms with Crippen LogP contribution in [0.4, 0.5) is 0 Å². The van der Waals surface area contributed by atoms with Crippen molar-refractivity contribution in [2.75, 3.05) is 0 Å². The predicted molar refractivity (Wildman–Crippen MR) is 81.0 cm³/mol. The Hall–Kier alpha value is -0.730. The van der Waals surface area contributed by atoms with Crippen molar-refractivity contribution in [1.29, 1.82) is 0 Å². The number of hydrogen-bond donors (Lipinski definition) is 0. The number of carbonyl (C=O) groups excluding carboxylic acids is 1. The van der Waals surface area contributed by atoms with Crippen LogP contribution in [-0.4, -0.2) is 5.78 Å². The van der Waals surface area contributed by atoms with Crippen molar-refractivity contribution in [1.82, 2.24) is 0 Å². The van der Waals surface area contributed by atoms with Crippen LogP contribution >= 0.6 is 46.4 Å². The monoisotopic (exact) mass is 332 g/mol. The summed E-state index contributed by atoms with van der Waals surface area (Å²) in [5, 5.41) is 1.45. The van der Waals surface area contributed by atoms with E-state index >= 15 is 0 Å². The SMILES string of the molecule is O=C(Cc1cccc(Cl)c1Cl)c1c(Cl)cccc1Cl. The molecule has 98 valence electrons. The smallest absolute Gasteiger partial charge is 0.170 e. The molecule has 0 aliphatic carbocycles. The van der Waals surface area contributed by atoms with E-state index in [1.54, 1.807) is 36.4 Å². The molecule has 0 atom stereocenters. The summed E-state index contributed by atoms with van der Waals surface area (Å²) < 4.78 is 0. The van der Waals surface area contributed by atoms with Gasteiger partial charge in [0.25, 0.3) is 0 Å². The normalized spacial score (nSPS) is 10.5. The Morgan fingerprint density at radius 3 is 2.00 bits per heavy atom. The first-order valence-electron chi connectivity index (χ1n) is 5.41. The summed E-state index contributed by atoms with van der Waals surface area (Å²) in [6.45, 7) is 0. The van der Waals surface area contributed by atoms with Crippen molar-refractivity contribution in [3.63, 3.8) is 0 Å². The highest BCUT2D eigenvalue weighted by Crippen LogP contribution is 2.29. The molecule has 2 rings (SSSR count). The number of carbonyl (C=O) groups is 1. The van der Waals surface area contributed by atoms with Gasteiger partial charge in [0.15, 0.2) is 5.78 Å². The largest absolute Gasteiger partial charge is 0.294 e. The molecule has 0 aromatic heterocycles. The number of hydrogen-bond acceptors (Lipinski definition) is 1. The zero-order valence-corrected chi connectivity index (χ0v) is 12.6. The molecule has 0 aliphatic heterocycles. The van der Waals surface area contributed by atoms with E-state index in [0.29, 0.717) is 31.2 Å². The third-order valence-corrected chi connectivity index (χ3v) is 4.11. The summed E-state index contributed by atoms with van der Waals surface area (Å²) in [4.78, 5) is 12.2. The van der Waals surface area contributed by atoms with E-state index in [1.165, 1.54) is 0 Å². The molecule has 0 saturated heterocycles. The van der Waals surface area contributed by atoms with Crippen LogP contribution in [0, 0.1) is 0 Å². The number of Topliss-reactive ketones (excluding diaryl/α,β-unsaturated/α-hetero) is 1. The van der Waals surface area contributed by atoms with E-state index in [2.05, 4.69) is 0 Å². The van der Waals surface area contributed by atoms with Gasteiger partial charge in [0.05, 0.1) is 25.7 Å². The lowest BCUT2D eigenvalue weighted by Gasteiger charge is -2.08. The van der Waals surface area contributed by atoms with Gasteiger partial charge in [0.1, 0.15) is 0 Å². The maximum Gasteiger partial charge on any atom is 0.170 e. The molecule has 0 fully saturated rings. The summed E-state index contributed by atoms with van der Waals surface area (Å²) in [5.74, 6) is -0.195. The van der Waals surface area contributed by atoms with Crippen molar-refractivity contribution >= 4 is 52.2 Å². The summed E-state index contributed by atoms with van der Waals surface area (Å²) >= 11 is 24.0. The average Bonchev–Trinajstić information content (AvgIpc) is 2.35. The van der Waals surface area contributed by atoms with Gasteiger partial charge in [0, 0.05) is 6.42 Å². The zero-order chi connectivity index (χ0) is 14.0. The highest BCUT2D eigenvalue weighted by molar-refractivity contribution is 6.43. The minimum absolute atomic E-state index is 0.100. The Morgan fingerprint density at radius 2 is 1.37 bits per heavy atom. The summed E-state index contributed by atoms with van der Waals surface area (Å²) in [6.07, 6.45) is 0.100. The molecule has 1 nitrogen and oxygen atoms in total. The Balaban J connectivity index is 2.34. The summed E-state index contributed by atoms with van der Waals surface area (Å²) in [5.41, 5.74) is 0.956. The Morgan fingerprint density at radius 1 is 0.842 bits per heavy atom. The standard InChI is InChI=1S/C14H8Cl4O/c15-9-4-2-5-10(16)13(9)12(19)7-8-3-1-6-11(17)14(8)18/h1-6H,7H2. The molecule has 0 saturated carbocycles. The van der Waals surface area contributed by atoms with Crippen molar-refractivity contribution in [3.05, 3.63) is 67.6 Å². The molecule has 0 unspecified atom stereocenters. The van der Waals surface area contributed by atoms with Crippen molar-refractivity contribution in [3.8, 4) is 0 Å². The summed E-state index contributed by atoms with van der Waals surface area (Å²) in [6, 6.07) is 10.1. The van der Waals surface area contributed by atoms with Gasteiger partial charge >= 0.3 is 0 Å². The molecular formula is C14H8Cl4O. The highest BCUT2D eigenvalue weighted by atomic mass is 35.5. The maximum atomic E-state index is 12.2. The van der Waals surface area contributed by atoms with Crippen LogP contribution in [0.5, 0.6) is 0 Å². The van der Waals surface area contributed by atoms with Crippen molar-refractivity contribution in [2.24, 2.45) is 0 Å². The minimum Gasteiger partial charge on any atom is -0.294 e. The van der Waals surface area contributed by atoms with Crippen LogP contribution in [0.2, 0.25) is 20.1 Å². The first-order chi connectivity index (χ1) is 9.00. The molecule has 19 heavy (non-hydrogen) atoms. The second kappa shape index (κ2) is 6.15. The van der Waals surface area contributed by atoms with E-state index < -0.39 is 0 Å². The van der Waals surface area contributed by atoms with Gasteiger partial charge in [-0.1, -0.05) is 64.6 Å². The fraction of sp³-hybridized carbons (Fsp3) is 0.0714. The second-order valence-electron chi connectivity index (χ2n) is 3.91. The molecule has 5 heteroatoms. The zero-order valence-electron chi connectivity index (χ0n) is 9.59. The molecule has 0 aliphatic rings. The molecule has 0 spiro atoms. The second-order valence-corrected chi connectivity index (χ2v) is 5.51. The molecule has 0 amide bonds. The van der Waals surface area contributed by atoms with Gasteiger partial charge in [-0.15, -0.1) is 0 Å². The van der Waals surface area contributed by atoms with Crippen LogP contribution in [0.15, 0.2) is 36.4 Å². The molecule has 2 aromatic rings. The topological polar surface area (TPSA) is 17.1 Å². The van der Waals surface area contributed by atoms with Crippen LogP contribution in [0.3, 0.4) is 0 Å². The van der Waals surface area contributed by atoms with E-state index in [9.17, 15) is 4.79 Å². The number of rotatable bonds is 3. The fourth-order valence-electron chi connectivity index (χ4n) is 1.71. The van der Waals surface area contributed by atoms with Gasteiger partial charge < -0.3 is 0 Å². The lowest BCUT2D eigenvalue weighted by atomic mass is 10.0. The van der Waals surface area contributed by atoms with E-state index in [-0.39, 0.29) is 12.2 Å². The maximum absolute atomic E-state index is 12.2. The summed E-state index contributed by atoms with van der Waals surface area (Å²) in [7, 11) is 0. The highest BCUT2D eigenvalue weighted by Gasteiger charge is 2.16. The quantitative estimate of drug-likeness (QED) is 0.656. The average molecular weight is 334 g/mol. The number of benzene rings is 2. The molecule has 0 N–H and O–H groups in total. The van der Waals surface area contributed by atoms with Gasteiger partial charge in [-0.3, -0.25) is 4.79 Å². The van der Waals surface area contributed by atoms with Gasteiger partial charge in [-0.2, -0.15) is 0 Å². The fourth-order valence-corrected chi connectivity index (χ4v) is 2.71. The van der Waals surface area contributed by atoms with Gasteiger partial charge in [-0.25, -0.2) is 0 Å². The van der Waals surface area contributed by atoms with E-state index in [1.807, 2.05) is 0 Å². The molecule has 0 radical (unpaired) electrons. The van der Waals surface area contributed by atoms with Gasteiger partial charge in [0.2, 0.25) is 0 Å². The first-order valence-corrected chi connectivity index (χ1v) is 6.92. The molecule has 2 aromatic carbocycles. The third-order valence-electron chi connectivity index (χ3n) is 2.62. The molecular weight excluding hydrogens is 326 g/mol. The van der Waals surface area contributed by atoms with Crippen LogP contribution < -0.4 is 0 Å².